The van der Waals surface area contributed by atoms with Crippen LogP contribution in [-0.4, -0.2) is 39.1 Å². The maximum Gasteiger partial charge on any atom is 0.293 e. The number of rotatable bonds is 7. The Hall–Kier alpha value is -3.20. The molecule has 0 saturated carbocycles. The monoisotopic (exact) mass is 408 g/mol. The van der Waals surface area contributed by atoms with Crippen LogP contribution in [0.5, 0.6) is 0 Å². The maximum atomic E-state index is 11.5. The van der Waals surface area contributed by atoms with Crippen LogP contribution in [0.3, 0.4) is 0 Å². The molecule has 1 aliphatic rings. The third-order valence-corrected chi connectivity index (χ3v) is 5.69. The van der Waals surface area contributed by atoms with Gasteiger partial charge in [0.15, 0.2) is 0 Å². The fourth-order valence-corrected chi connectivity index (χ4v) is 4.06. The molecule has 0 N–H and O–H groups in total. The van der Waals surface area contributed by atoms with Crippen LogP contribution in [0, 0.1) is 10.1 Å². The Balaban J connectivity index is 1.50. The molecule has 0 bridgehead atoms. The van der Waals surface area contributed by atoms with Crippen LogP contribution >= 0.6 is 11.8 Å². The van der Waals surface area contributed by atoms with Gasteiger partial charge in [-0.15, -0.1) is 10.2 Å². The standard InChI is InChI=1S/C20H20N6O2S/c27-26(28)19-12-17(8-9-18(19)24-10-4-5-11-24)13-22-25-15-21-23-20(25)29-14-16-6-2-1-3-7-16/h1-3,6-9,12-13,15H,4-5,10-11,14H2. The van der Waals surface area contributed by atoms with E-state index < -0.39 is 0 Å². The normalized spacial score (nSPS) is 14.0. The van der Waals surface area contributed by atoms with E-state index in [1.807, 2.05) is 30.3 Å². The van der Waals surface area contributed by atoms with Crippen molar-refractivity contribution in [3.8, 4) is 0 Å². The molecule has 148 valence electrons. The maximum absolute atomic E-state index is 11.5. The molecule has 3 aromatic rings. The summed E-state index contributed by atoms with van der Waals surface area (Å²) in [6.07, 6.45) is 5.25. The third-order valence-electron chi connectivity index (χ3n) is 4.69. The first-order valence-corrected chi connectivity index (χ1v) is 10.3. The number of nitro benzene ring substituents is 1. The van der Waals surface area contributed by atoms with Gasteiger partial charge in [-0.1, -0.05) is 48.2 Å². The average Bonchev–Trinajstić information content (AvgIpc) is 3.43. The highest BCUT2D eigenvalue weighted by molar-refractivity contribution is 7.98. The highest BCUT2D eigenvalue weighted by atomic mass is 32.2. The number of hydrogen-bond donors (Lipinski definition) is 0. The van der Waals surface area contributed by atoms with Crippen LogP contribution in [0.15, 0.2) is 65.1 Å². The molecule has 2 heterocycles. The van der Waals surface area contributed by atoms with Crippen LogP contribution in [0.2, 0.25) is 0 Å². The summed E-state index contributed by atoms with van der Waals surface area (Å²) < 4.78 is 1.58. The van der Waals surface area contributed by atoms with Crippen LogP contribution in [0.1, 0.15) is 24.0 Å². The zero-order chi connectivity index (χ0) is 20.1. The van der Waals surface area contributed by atoms with Gasteiger partial charge in [0.1, 0.15) is 12.0 Å². The molecule has 0 atom stereocenters. The number of aromatic nitrogens is 3. The van der Waals surface area contributed by atoms with Gasteiger partial charge in [-0.25, -0.2) is 0 Å². The Morgan fingerprint density at radius 3 is 2.72 bits per heavy atom. The predicted octanol–water partition coefficient (Wildman–Crippen LogP) is 3.96. The number of benzene rings is 2. The van der Waals surface area contributed by atoms with E-state index in [1.165, 1.54) is 23.7 Å². The van der Waals surface area contributed by atoms with Gasteiger partial charge in [-0.3, -0.25) is 10.1 Å². The zero-order valence-corrected chi connectivity index (χ0v) is 16.5. The summed E-state index contributed by atoms with van der Waals surface area (Å²) in [5.41, 5.74) is 2.63. The van der Waals surface area contributed by atoms with Crippen molar-refractivity contribution in [3.05, 3.63) is 76.1 Å². The molecular formula is C20H20N6O2S. The minimum absolute atomic E-state index is 0.110. The van der Waals surface area contributed by atoms with Crippen molar-refractivity contribution in [1.82, 2.24) is 14.9 Å². The Morgan fingerprint density at radius 1 is 1.17 bits per heavy atom. The molecule has 0 amide bonds. The quantitative estimate of drug-likeness (QED) is 0.254. The smallest absolute Gasteiger partial charge is 0.293 e. The van der Waals surface area contributed by atoms with Crippen LogP contribution in [0.4, 0.5) is 11.4 Å². The zero-order valence-electron chi connectivity index (χ0n) is 15.7. The lowest BCUT2D eigenvalue weighted by Gasteiger charge is -2.17. The molecule has 1 aromatic heterocycles. The van der Waals surface area contributed by atoms with E-state index in [-0.39, 0.29) is 10.6 Å². The summed E-state index contributed by atoms with van der Waals surface area (Å²) in [7, 11) is 0. The number of thioether (sulfide) groups is 1. The van der Waals surface area contributed by atoms with Gasteiger partial charge in [-0.2, -0.15) is 9.78 Å². The van der Waals surface area contributed by atoms with Crippen molar-refractivity contribution in [2.24, 2.45) is 5.10 Å². The molecule has 0 spiro atoms. The number of anilines is 1. The largest absolute Gasteiger partial charge is 0.366 e. The SMILES string of the molecule is O=[N+]([O-])c1cc(C=Nn2cnnc2SCc2ccccc2)ccc1N1CCCC1. The molecule has 0 aliphatic carbocycles. The van der Waals surface area contributed by atoms with Gasteiger partial charge in [0.05, 0.1) is 11.1 Å². The van der Waals surface area contributed by atoms with E-state index in [4.69, 9.17) is 0 Å². The number of nitrogens with zero attached hydrogens (tertiary/aromatic N) is 6. The lowest BCUT2D eigenvalue weighted by molar-refractivity contribution is -0.384. The summed E-state index contributed by atoms with van der Waals surface area (Å²) in [5, 5.41) is 24.6. The summed E-state index contributed by atoms with van der Waals surface area (Å²) in [6, 6.07) is 15.3. The van der Waals surface area contributed by atoms with Crippen LogP contribution in [0.25, 0.3) is 0 Å². The lowest BCUT2D eigenvalue weighted by Crippen LogP contribution is -2.19. The van der Waals surface area contributed by atoms with Crippen molar-refractivity contribution in [2.75, 3.05) is 18.0 Å². The van der Waals surface area contributed by atoms with Crippen LogP contribution in [-0.2, 0) is 5.75 Å². The second-order valence-corrected chi connectivity index (χ2v) is 7.62. The molecule has 0 radical (unpaired) electrons. The van der Waals surface area contributed by atoms with E-state index in [9.17, 15) is 10.1 Å². The van der Waals surface area contributed by atoms with E-state index in [0.29, 0.717) is 16.4 Å². The fraction of sp³-hybridized carbons (Fsp3) is 0.250. The van der Waals surface area contributed by atoms with Gasteiger partial charge in [0, 0.05) is 30.5 Å². The molecule has 1 fully saturated rings. The lowest BCUT2D eigenvalue weighted by atomic mass is 10.1. The molecule has 4 rings (SSSR count). The summed E-state index contributed by atoms with van der Waals surface area (Å²) >= 11 is 1.53. The molecule has 8 nitrogen and oxygen atoms in total. The number of nitro groups is 1. The number of hydrogen-bond acceptors (Lipinski definition) is 7. The van der Waals surface area contributed by atoms with E-state index in [2.05, 4.69) is 32.3 Å². The molecule has 1 saturated heterocycles. The Morgan fingerprint density at radius 2 is 1.97 bits per heavy atom. The van der Waals surface area contributed by atoms with Crippen LogP contribution < -0.4 is 4.90 Å². The molecule has 0 unspecified atom stereocenters. The van der Waals surface area contributed by atoms with Crippen molar-refractivity contribution < 1.29 is 4.92 Å². The predicted molar refractivity (Wildman–Crippen MR) is 114 cm³/mol. The van der Waals surface area contributed by atoms with Gasteiger partial charge < -0.3 is 4.90 Å². The van der Waals surface area contributed by atoms with E-state index in [0.717, 1.165) is 31.7 Å². The molecule has 1 aliphatic heterocycles. The van der Waals surface area contributed by atoms with Gasteiger partial charge in [0.25, 0.3) is 5.69 Å². The van der Waals surface area contributed by atoms with Gasteiger partial charge in [0.2, 0.25) is 5.16 Å². The summed E-state index contributed by atoms with van der Waals surface area (Å²) in [5.74, 6) is 0.755. The minimum atomic E-state index is -0.328. The fourth-order valence-electron chi connectivity index (χ4n) is 3.24. The Kier molecular flexibility index (Phi) is 5.85. The first-order valence-electron chi connectivity index (χ1n) is 9.35. The molecule has 2 aromatic carbocycles. The Bertz CT molecular complexity index is 1010. The van der Waals surface area contributed by atoms with E-state index in [1.54, 1.807) is 17.0 Å². The summed E-state index contributed by atoms with van der Waals surface area (Å²) in [6.45, 7) is 1.72. The first kappa shape index (κ1) is 19.1. The highest BCUT2D eigenvalue weighted by Gasteiger charge is 2.22. The molecule has 9 heteroatoms. The van der Waals surface area contributed by atoms with Crippen molar-refractivity contribution in [1.29, 1.82) is 0 Å². The second kappa shape index (κ2) is 8.87. The molecular weight excluding hydrogens is 388 g/mol. The topological polar surface area (TPSA) is 89.4 Å². The first-order chi connectivity index (χ1) is 14.2. The summed E-state index contributed by atoms with van der Waals surface area (Å²) in [4.78, 5) is 13.3. The van der Waals surface area contributed by atoms with Crippen molar-refractivity contribution >= 4 is 29.4 Å². The minimum Gasteiger partial charge on any atom is -0.366 e. The molecule has 29 heavy (non-hydrogen) atoms. The van der Waals surface area contributed by atoms with Crippen molar-refractivity contribution in [3.63, 3.8) is 0 Å². The van der Waals surface area contributed by atoms with E-state index >= 15 is 0 Å². The third kappa shape index (κ3) is 4.62. The van der Waals surface area contributed by atoms with Gasteiger partial charge in [-0.05, 0) is 24.5 Å². The second-order valence-electron chi connectivity index (χ2n) is 6.68. The van der Waals surface area contributed by atoms with Crippen molar-refractivity contribution in [2.45, 2.75) is 23.8 Å². The average molecular weight is 408 g/mol. The highest BCUT2D eigenvalue weighted by Crippen LogP contribution is 2.31. The Labute approximate surface area is 172 Å². The van der Waals surface area contributed by atoms with Gasteiger partial charge >= 0.3 is 0 Å².